The van der Waals surface area contributed by atoms with Crippen molar-refractivity contribution in [3.8, 4) is 5.75 Å². The minimum Gasteiger partial charge on any atom is -0.505 e. The molecule has 2 nitrogen and oxygen atoms in total. The van der Waals surface area contributed by atoms with Gasteiger partial charge in [-0.15, -0.1) is 0 Å². The Morgan fingerprint density at radius 1 is 1.38 bits per heavy atom. The summed E-state index contributed by atoms with van der Waals surface area (Å²) >= 11 is 0. The number of hydrogen-bond donors (Lipinski definition) is 2. The monoisotopic (exact) mass is 223 g/mol. The fourth-order valence-corrected chi connectivity index (χ4v) is 2.33. The van der Waals surface area contributed by atoms with Gasteiger partial charge in [-0.05, 0) is 37.5 Å². The van der Waals surface area contributed by atoms with Crippen LogP contribution in [0.1, 0.15) is 44.2 Å². The van der Waals surface area contributed by atoms with Crippen LogP contribution in [0.4, 0.5) is 4.39 Å². The third-order valence-electron chi connectivity index (χ3n) is 3.31. The van der Waals surface area contributed by atoms with E-state index < -0.39 is 5.82 Å². The van der Waals surface area contributed by atoms with Gasteiger partial charge in [-0.3, -0.25) is 0 Å². The zero-order chi connectivity index (χ0) is 11.5. The van der Waals surface area contributed by atoms with Crippen LogP contribution in [0.15, 0.2) is 18.2 Å². The van der Waals surface area contributed by atoms with Crippen LogP contribution in [0.25, 0.3) is 0 Å². The Hall–Kier alpha value is -1.09. The molecule has 0 heterocycles. The van der Waals surface area contributed by atoms with Crippen molar-refractivity contribution in [2.45, 2.75) is 44.7 Å². The maximum Gasteiger partial charge on any atom is 0.165 e. The number of hydrogen-bond acceptors (Lipinski definition) is 2. The van der Waals surface area contributed by atoms with Gasteiger partial charge in [0.2, 0.25) is 0 Å². The first kappa shape index (κ1) is 11.4. The van der Waals surface area contributed by atoms with Crippen molar-refractivity contribution in [1.29, 1.82) is 0 Å². The molecular formula is C13H18FNO. The standard InChI is InChI=1S/C13H18FNO/c1-9(15-11-4-2-3-5-11)10-6-7-13(16)12(14)8-10/h6-9,11,15-16H,2-5H2,1H3/t9-/m1/s1. The molecule has 0 saturated heterocycles. The molecule has 2 rings (SSSR count). The summed E-state index contributed by atoms with van der Waals surface area (Å²) in [5.41, 5.74) is 0.891. The van der Waals surface area contributed by atoms with E-state index in [0.29, 0.717) is 6.04 Å². The summed E-state index contributed by atoms with van der Waals surface area (Å²) in [5, 5.41) is 12.6. The number of benzene rings is 1. The molecule has 0 bridgehead atoms. The van der Waals surface area contributed by atoms with Crippen molar-refractivity contribution in [1.82, 2.24) is 5.32 Å². The van der Waals surface area contributed by atoms with Crippen LogP contribution in [-0.4, -0.2) is 11.1 Å². The fourth-order valence-electron chi connectivity index (χ4n) is 2.33. The first-order valence-corrected chi connectivity index (χ1v) is 5.91. The second kappa shape index (κ2) is 4.83. The highest BCUT2D eigenvalue weighted by Gasteiger charge is 2.18. The van der Waals surface area contributed by atoms with Crippen LogP contribution in [-0.2, 0) is 0 Å². The van der Waals surface area contributed by atoms with E-state index in [9.17, 15) is 4.39 Å². The summed E-state index contributed by atoms with van der Waals surface area (Å²) in [4.78, 5) is 0. The average molecular weight is 223 g/mol. The second-order valence-electron chi connectivity index (χ2n) is 4.58. The highest BCUT2D eigenvalue weighted by molar-refractivity contribution is 5.29. The lowest BCUT2D eigenvalue weighted by Gasteiger charge is -2.19. The maximum atomic E-state index is 13.2. The molecule has 0 unspecified atom stereocenters. The van der Waals surface area contributed by atoms with Gasteiger partial charge in [-0.25, -0.2) is 4.39 Å². The largest absolute Gasteiger partial charge is 0.505 e. The molecule has 0 radical (unpaired) electrons. The second-order valence-corrected chi connectivity index (χ2v) is 4.58. The van der Waals surface area contributed by atoms with Gasteiger partial charge in [0, 0.05) is 12.1 Å². The molecule has 16 heavy (non-hydrogen) atoms. The number of phenols is 1. The minimum atomic E-state index is -0.544. The molecule has 1 atom stereocenters. The summed E-state index contributed by atoms with van der Waals surface area (Å²) in [5.74, 6) is -0.825. The van der Waals surface area contributed by atoms with E-state index in [1.165, 1.54) is 37.8 Å². The highest BCUT2D eigenvalue weighted by atomic mass is 19.1. The molecule has 1 fully saturated rings. The normalized spacial score (nSPS) is 18.9. The lowest BCUT2D eigenvalue weighted by molar-refractivity contribution is 0.427. The fraction of sp³-hybridized carbons (Fsp3) is 0.538. The van der Waals surface area contributed by atoms with Crippen LogP contribution < -0.4 is 5.32 Å². The summed E-state index contributed by atoms with van der Waals surface area (Å²) in [6, 6.07) is 5.29. The molecule has 1 saturated carbocycles. The zero-order valence-electron chi connectivity index (χ0n) is 9.54. The number of halogens is 1. The summed E-state index contributed by atoms with van der Waals surface area (Å²) in [6.07, 6.45) is 5.00. The Morgan fingerprint density at radius 3 is 2.69 bits per heavy atom. The van der Waals surface area contributed by atoms with Crippen molar-refractivity contribution in [3.63, 3.8) is 0 Å². The third kappa shape index (κ3) is 2.53. The molecule has 1 aliphatic carbocycles. The Balaban J connectivity index is 2.02. The maximum absolute atomic E-state index is 13.2. The molecule has 0 aliphatic heterocycles. The highest BCUT2D eigenvalue weighted by Crippen LogP contribution is 2.24. The van der Waals surface area contributed by atoms with Crippen LogP contribution in [0.3, 0.4) is 0 Å². The van der Waals surface area contributed by atoms with E-state index in [-0.39, 0.29) is 11.8 Å². The van der Waals surface area contributed by atoms with Crippen molar-refractivity contribution >= 4 is 0 Å². The van der Waals surface area contributed by atoms with E-state index >= 15 is 0 Å². The van der Waals surface area contributed by atoms with Gasteiger partial charge < -0.3 is 10.4 Å². The third-order valence-corrected chi connectivity index (χ3v) is 3.31. The number of rotatable bonds is 3. The van der Waals surface area contributed by atoms with Gasteiger partial charge in [0.15, 0.2) is 11.6 Å². The lowest BCUT2D eigenvalue weighted by Crippen LogP contribution is -2.28. The molecule has 88 valence electrons. The summed E-state index contributed by atoms with van der Waals surface area (Å²) < 4.78 is 13.2. The van der Waals surface area contributed by atoms with Crippen LogP contribution in [0, 0.1) is 5.82 Å². The van der Waals surface area contributed by atoms with E-state index in [2.05, 4.69) is 5.32 Å². The summed E-state index contributed by atoms with van der Waals surface area (Å²) in [6.45, 7) is 2.03. The van der Waals surface area contributed by atoms with Gasteiger partial charge in [0.05, 0.1) is 0 Å². The molecule has 1 aromatic rings. The van der Waals surface area contributed by atoms with E-state index in [0.717, 1.165) is 5.56 Å². The van der Waals surface area contributed by atoms with Gasteiger partial charge in [-0.2, -0.15) is 0 Å². The zero-order valence-corrected chi connectivity index (χ0v) is 9.54. The lowest BCUT2D eigenvalue weighted by atomic mass is 10.1. The van der Waals surface area contributed by atoms with Crippen LogP contribution >= 0.6 is 0 Å². The molecule has 2 N–H and O–H groups in total. The van der Waals surface area contributed by atoms with E-state index in [1.54, 1.807) is 6.07 Å². The quantitative estimate of drug-likeness (QED) is 0.825. The first-order chi connectivity index (χ1) is 7.66. The van der Waals surface area contributed by atoms with Gasteiger partial charge in [0.1, 0.15) is 0 Å². The van der Waals surface area contributed by atoms with Crippen molar-refractivity contribution < 1.29 is 9.50 Å². The van der Waals surface area contributed by atoms with Crippen molar-refractivity contribution in [2.24, 2.45) is 0 Å². The van der Waals surface area contributed by atoms with Gasteiger partial charge >= 0.3 is 0 Å². The molecule has 0 aromatic heterocycles. The summed E-state index contributed by atoms with van der Waals surface area (Å²) in [7, 11) is 0. The predicted molar refractivity (Wildman–Crippen MR) is 61.9 cm³/mol. The smallest absolute Gasteiger partial charge is 0.165 e. The van der Waals surface area contributed by atoms with Crippen LogP contribution in [0.5, 0.6) is 5.75 Å². The Labute approximate surface area is 95.5 Å². The minimum absolute atomic E-state index is 0.137. The Bertz CT molecular complexity index is 361. The van der Waals surface area contributed by atoms with E-state index in [4.69, 9.17) is 5.11 Å². The Morgan fingerprint density at radius 2 is 2.06 bits per heavy atom. The number of aromatic hydroxyl groups is 1. The predicted octanol–water partition coefficient (Wildman–Crippen LogP) is 3.12. The van der Waals surface area contributed by atoms with Crippen LogP contribution in [0.2, 0.25) is 0 Å². The van der Waals surface area contributed by atoms with E-state index in [1.807, 2.05) is 6.92 Å². The number of phenolic OH excluding ortho intramolecular Hbond substituents is 1. The van der Waals surface area contributed by atoms with Crippen molar-refractivity contribution in [3.05, 3.63) is 29.6 Å². The molecular weight excluding hydrogens is 205 g/mol. The molecule has 3 heteroatoms. The van der Waals surface area contributed by atoms with Gasteiger partial charge in [0.25, 0.3) is 0 Å². The molecule has 1 aromatic carbocycles. The van der Waals surface area contributed by atoms with Crippen molar-refractivity contribution in [2.75, 3.05) is 0 Å². The SMILES string of the molecule is C[C@@H](NC1CCCC1)c1ccc(O)c(F)c1. The average Bonchev–Trinajstić information content (AvgIpc) is 2.74. The molecule has 0 spiro atoms. The molecule has 0 amide bonds. The topological polar surface area (TPSA) is 32.3 Å². The number of nitrogens with one attached hydrogen (secondary N) is 1. The Kier molecular flexibility index (Phi) is 3.44. The first-order valence-electron chi connectivity index (χ1n) is 5.91. The molecule has 1 aliphatic rings. The van der Waals surface area contributed by atoms with Gasteiger partial charge in [-0.1, -0.05) is 18.9 Å².